The van der Waals surface area contributed by atoms with Gasteiger partial charge in [0.1, 0.15) is 5.75 Å². The summed E-state index contributed by atoms with van der Waals surface area (Å²) < 4.78 is 10.8. The fraction of sp³-hybridized carbons (Fsp3) is 0.364. The van der Waals surface area contributed by atoms with Crippen LogP contribution in [-0.2, 0) is 27.2 Å². The van der Waals surface area contributed by atoms with Crippen molar-refractivity contribution in [2.45, 2.75) is 39.2 Å². The molecule has 5 nitrogen and oxygen atoms in total. The molecule has 0 aliphatic rings. The highest BCUT2D eigenvalue weighted by Gasteiger charge is 2.31. The predicted molar refractivity (Wildman–Crippen MR) is 110 cm³/mol. The highest BCUT2D eigenvalue weighted by atomic mass is 35.5. The smallest absolute Gasteiger partial charge is 0.349 e. The number of benzene rings is 2. The van der Waals surface area contributed by atoms with Crippen molar-refractivity contribution in [2.24, 2.45) is 0 Å². The van der Waals surface area contributed by atoms with E-state index in [1.165, 1.54) is 0 Å². The number of esters is 1. The van der Waals surface area contributed by atoms with E-state index in [0.29, 0.717) is 36.8 Å². The Bertz CT molecular complexity index is 785. The molecule has 0 aliphatic heterocycles. The second-order valence-electron chi connectivity index (χ2n) is 6.88. The van der Waals surface area contributed by atoms with Gasteiger partial charge in [0.05, 0.1) is 13.0 Å². The van der Waals surface area contributed by atoms with Crippen LogP contribution in [0.2, 0.25) is 5.02 Å². The summed E-state index contributed by atoms with van der Waals surface area (Å²) in [5.74, 6) is 0.162. The molecular weight excluding hydrogens is 378 g/mol. The van der Waals surface area contributed by atoms with Gasteiger partial charge in [-0.1, -0.05) is 35.9 Å². The third kappa shape index (κ3) is 6.89. The van der Waals surface area contributed by atoms with Gasteiger partial charge in [-0.2, -0.15) is 0 Å². The number of hydrogen-bond acceptors (Lipinski definition) is 4. The van der Waals surface area contributed by atoms with Crippen molar-refractivity contribution in [3.05, 3.63) is 64.7 Å². The molecule has 2 rings (SSSR count). The Labute approximate surface area is 171 Å². The number of hydrogen-bond donors (Lipinski definition) is 1. The van der Waals surface area contributed by atoms with Crippen LogP contribution < -0.4 is 10.1 Å². The number of amides is 1. The number of carbonyl (C=O) groups is 2. The van der Waals surface area contributed by atoms with E-state index >= 15 is 0 Å². The Balaban J connectivity index is 1.78. The Hall–Kier alpha value is -2.53. The van der Waals surface area contributed by atoms with Gasteiger partial charge in [-0.05, 0) is 62.6 Å². The normalized spacial score (nSPS) is 11.0. The Morgan fingerprint density at radius 2 is 1.61 bits per heavy atom. The maximum absolute atomic E-state index is 12.0. The largest absolute Gasteiger partial charge is 0.476 e. The van der Waals surface area contributed by atoms with Crippen LogP contribution >= 0.6 is 11.6 Å². The standard InChI is InChI=1S/C22H26ClNO4/c1-4-27-21(26)22(2,3)28-19-11-7-16(8-12-19)13-14-24-20(25)15-17-5-9-18(23)10-6-17/h5-12H,4,13-15H2,1-3H3,(H,24,25). The molecule has 1 amide bonds. The topological polar surface area (TPSA) is 64.6 Å². The summed E-state index contributed by atoms with van der Waals surface area (Å²) in [7, 11) is 0. The van der Waals surface area contributed by atoms with Gasteiger partial charge < -0.3 is 14.8 Å². The zero-order valence-corrected chi connectivity index (χ0v) is 17.2. The molecule has 1 N–H and O–H groups in total. The lowest BCUT2D eigenvalue weighted by Crippen LogP contribution is -2.39. The van der Waals surface area contributed by atoms with Crippen LogP contribution in [0.25, 0.3) is 0 Å². The zero-order valence-electron chi connectivity index (χ0n) is 16.5. The van der Waals surface area contributed by atoms with Gasteiger partial charge in [-0.3, -0.25) is 4.79 Å². The van der Waals surface area contributed by atoms with Crippen molar-refractivity contribution in [3.63, 3.8) is 0 Å². The second-order valence-corrected chi connectivity index (χ2v) is 7.32. The molecular formula is C22H26ClNO4. The molecule has 0 spiro atoms. The summed E-state index contributed by atoms with van der Waals surface area (Å²) in [6, 6.07) is 14.7. The molecule has 0 heterocycles. The van der Waals surface area contributed by atoms with Crippen molar-refractivity contribution in [1.82, 2.24) is 5.32 Å². The summed E-state index contributed by atoms with van der Waals surface area (Å²) >= 11 is 5.84. The van der Waals surface area contributed by atoms with E-state index in [1.54, 1.807) is 32.9 Å². The maximum Gasteiger partial charge on any atom is 0.349 e. The number of halogens is 1. The molecule has 0 radical (unpaired) electrons. The molecule has 0 saturated carbocycles. The average Bonchev–Trinajstić information content (AvgIpc) is 2.65. The highest BCUT2D eigenvalue weighted by Crippen LogP contribution is 2.20. The number of rotatable bonds is 9. The molecule has 0 atom stereocenters. The molecule has 28 heavy (non-hydrogen) atoms. The third-order valence-corrected chi connectivity index (χ3v) is 4.33. The first kappa shape index (κ1) is 21.8. The second kappa shape index (κ2) is 10.1. The summed E-state index contributed by atoms with van der Waals surface area (Å²) in [5, 5.41) is 3.57. The zero-order chi connectivity index (χ0) is 20.6. The van der Waals surface area contributed by atoms with E-state index in [0.717, 1.165) is 11.1 Å². The van der Waals surface area contributed by atoms with Gasteiger partial charge in [-0.15, -0.1) is 0 Å². The van der Waals surface area contributed by atoms with Crippen LogP contribution in [-0.4, -0.2) is 30.6 Å². The van der Waals surface area contributed by atoms with Gasteiger partial charge in [0.15, 0.2) is 5.60 Å². The Kier molecular flexibility index (Phi) is 7.88. The van der Waals surface area contributed by atoms with Crippen molar-refractivity contribution < 1.29 is 19.1 Å². The minimum absolute atomic E-state index is 0.0292. The molecule has 2 aromatic rings. The quantitative estimate of drug-likeness (QED) is 0.643. The Morgan fingerprint density at radius 3 is 2.21 bits per heavy atom. The number of ether oxygens (including phenoxy) is 2. The highest BCUT2D eigenvalue weighted by molar-refractivity contribution is 6.30. The number of nitrogens with one attached hydrogen (secondary N) is 1. The van der Waals surface area contributed by atoms with Gasteiger partial charge in [0, 0.05) is 11.6 Å². The van der Waals surface area contributed by atoms with Crippen molar-refractivity contribution in [1.29, 1.82) is 0 Å². The van der Waals surface area contributed by atoms with E-state index < -0.39 is 11.6 Å². The summed E-state index contributed by atoms with van der Waals surface area (Å²) in [6.07, 6.45) is 1.03. The van der Waals surface area contributed by atoms with Crippen molar-refractivity contribution in [2.75, 3.05) is 13.2 Å². The molecule has 0 aromatic heterocycles. The van der Waals surface area contributed by atoms with Crippen LogP contribution in [0, 0.1) is 0 Å². The summed E-state index contributed by atoms with van der Waals surface area (Å²) in [4.78, 5) is 23.9. The van der Waals surface area contributed by atoms with Gasteiger partial charge in [0.2, 0.25) is 5.91 Å². The minimum atomic E-state index is -1.05. The Morgan fingerprint density at radius 1 is 1.00 bits per heavy atom. The SMILES string of the molecule is CCOC(=O)C(C)(C)Oc1ccc(CCNC(=O)Cc2ccc(Cl)cc2)cc1. The molecule has 0 unspecified atom stereocenters. The summed E-state index contributed by atoms with van der Waals surface area (Å²) in [6.45, 7) is 5.97. The number of carbonyl (C=O) groups excluding carboxylic acids is 2. The van der Waals surface area contributed by atoms with E-state index in [2.05, 4.69) is 5.32 Å². The first-order chi connectivity index (χ1) is 13.3. The lowest BCUT2D eigenvalue weighted by molar-refractivity contribution is -0.158. The van der Waals surface area contributed by atoms with Crippen molar-refractivity contribution in [3.8, 4) is 5.75 Å². The van der Waals surface area contributed by atoms with Gasteiger partial charge in [-0.25, -0.2) is 4.79 Å². The van der Waals surface area contributed by atoms with E-state index in [4.69, 9.17) is 21.1 Å². The lowest BCUT2D eigenvalue weighted by atomic mass is 10.1. The van der Waals surface area contributed by atoms with E-state index in [1.807, 2.05) is 36.4 Å². The van der Waals surface area contributed by atoms with E-state index in [-0.39, 0.29) is 5.91 Å². The van der Waals surface area contributed by atoms with Crippen LogP contribution in [0.15, 0.2) is 48.5 Å². The fourth-order valence-electron chi connectivity index (χ4n) is 2.56. The molecule has 6 heteroatoms. The molecule has 0 saturated heterocycles. The monoisotopic (exact) mass is 403 g/mol. The molecule has 0 fully saturated rings. The average molecular weight is 404 g/mol. The van der Waals surface area contributed by atoms with Crippen molar-refractivity contribution >= 4 is 23.5 Å². The first-order valence-electron chi connectivity index (χ1n) is 9.26. The maximum atomic E-state index is 12.0. The van der Waals surface area contributed by atoms with Crippen LogP contribution in [0.1, 0.15) is 31.9 Å². The first-order valence-corrected chi connectivity index (χ1v) is 9.64. The lowest BCUT2D eigenvalue weighted by Gasteiger charge is -2.24. The minimum Gasteiger partial charge on any atom is -0.476 e. The molecule has 0 bridgehead atoms. The van der Waals surface area contributed by atoms with Crippen LogP contribution in [0.3, 0.4) is 0 Å². The third-order valence-electron chi connectivity index (χ3n) is 4.08. The van der Waals surface area contributed by atoms with Gasteiger partial charge >= 0.3 is 5.97 Å². The van der Waals surface area contributed by atoms with E-state index in [9.17, 15) is 9.59 Å². The predicted octanol–water partition coefficient (Wildman–Crippen LogP) is 3.96. The molecule has 150 valence electrons. The molecule has 2 aromatic carbocycles. The summed E-state index contributed by atoms with van der Waals surface area (Å²) in [5.41, 5.74) is 0.938. The molecule has 0 aliphatic carbocycles. The van der Waals surface area contributed by atoms with Crippen LogP contribution in [0.5, 0.6) is 5.75 Å². The fourth-order valence-corrected chi connectivity index (χ4v) is 2.69. The van der Waals surface area contributed by atoms with Crippen LogP contribution in [0.4, 0.5) is 0 Å². The van der Waals surface area contributed by atoms with Gasteiger partial charge in [0.25, 0.3) is 0 Å².